The molecule has 0 unspecified atom stereocenters. The number of carbonyl (C=O) groups is 3. The van der Waals surface area contributed by atoms with Crippen molar-refractivity contribution in [2.24, 2.45) is 5.73 Å². The van der Waals surface area contributed by atoms with Crippen LogP contribution in [0.4, 0.5) is 0 Å². The summed E-state index contributed by atoms with van der Waals surface area (Å²) in [6, 6.07) is -1.05. The number of nitrogens with one attached hydrogen (secondary N) is 1. The summed E-state index contributed by atoms with van der Waals surface area (Å²) < 4.78 is 0. The third-order valence-corrected chi connectivity index (χ3v) is 4.16. The van der Waals surface area contributed by atoms with Crippen molar-refractivity contribution in [2.45, 2.75) is 6.04 Å². The molecule has 6 N–H and O–H groups in total. The third kappa shape index (κ3) is 11.7. The molecular weight excluding hydrogens is 382 g/mol. The Morgan fingerprint density at radius 2 is 1.22 bits per heavy atom. The number of nitrogens with two attached hydrogens (primary N) is 1. The second-order valence-corrected chi connectivity index (χ2v) is 6.34. The summed E-state index contributed by atoms with van der Waals surface area (Å²) >= 11 is 0. The van der Waals surface area contributed by atoms with Crippen molar-refractivity contribution in [3.63, 3.8) is 0 Å². The fraction of sp³-hybridized carbons (Fsp3) is 0.800. The zero-order valence-corrected chi connectivity index (χ0v) is 16.1. The van der Waals surface area contributed by atoms with Gasteiger partial charge >= 0.3 is 17.9 Å². The minimum Gasteiger partial charge on any atom is -0.480 e. The number of nitrogens with zero attached hydrogens (tertiary/aromatic N) is 3. The molecular formula is C15H30ClN5O6. The predicted octanol–water partition coefficient (Wildman–Crippen LogP) is -2.50. The van der Waals surface area contributed by atoms with Gasteiger partial charge in [-0.15, -0.1) is 12.4 Å². The molecule has 0 aliphatic carbocycles. The van der Waals surface area contributed by atoms with Crippen LogP contribution in [0.3, 0.4) is 0 Å². The van der Waals surface area contributed by atoms with E-state index in [9.17, 15) is 14.4 Å². The van der Waals surface area contributed by atoms with Crippen LogP contribution in [0.5, 0.6) is 0 Å². The first-order valence-corrected chi connectivity index (χ1v) is 8.57. The fourth-order valence-corrected chi connectivity index (χ4v) is 2.74. The van der Waals surface area contributed by atoms with Crippen LogP contribution < -0.4 is 11.1 Å². The molecule has 1 aliphatic rings. The Labute approximate surface area is 164 Å². The van der Waals surface area contributed by atoms with Gasteiger partial charge in [0.15, 0.2) is 0 Å². The van der Waals surface area contributed by atoms with E-state index in [4.69, 9.17) is 21.1 Å². The van der Waals surface area contributed by atoms with Gasteiger partial charge in [0.1, 0.15) is 6.04 Å². The summed E-state index contributed by atoms with van der Waals surface area (Å²) in [6.07, 6.45) is 0. The van der Waals surface area contributed by atoms with E-state index in [-0.39, 0.29) is 32.0 Å². The molecule has 1 rings (SSSR count). The van der Waals surface area contributed by atoms with Gasteiger partial charge in [-0.05, 0) is 0 Å². The van der Waals surface area contributed by atoms with Gasteiger partial charge in [0.25, 0.3) is 0 Å². The van der Waals surface area contributed by atoms with Crippen molar-refractivity contribution in [3.05, 3.63) is 0 Å². The van der Waals surface area contributed by atoms with Crippen LogP contribution in [0.2, 0.25) is 0 Å². The van der Waals surface area contributed by atoms with Crippen LogP contribution in [0.15, 0.2) is 0 Å². The molecule has 0 saturated carbocycles. The van der Waals surface area contributed by atoms with Crippen LogP contribution in [0.25, 0.3) is 0 Å². The van der Waals surface area contributed by atoms with Crippen LogP contribution in [0.1, 0.15) is 0 Å². The topological polar surface area (TPSA) is 160 Å². The van der Waals surface area contributed by atoms with E-state index in [1.54, 1.807) is 9.80 Å². The lowest BCUT2D eigenvalue weighted by atomic mass is 10.2. The lowest BCUT2D eigenvalue weighted by Gasteiger charge is -2.31. The van der Waals surface area contributed by atoms with Crippen molar-refractivity contribution in [2.75, 3.05) is 72.0 Å². The second-order valence-electron chi connectivity index (χ2n) is 6.34. The number of carboxylic acid groups (broad SMARTS) is 3. The molecule has 1 heterocycles. The van der Waals surface area contributed by atoms with Gasteiger partial charge in [0.2, 0.25) is 0 Å². The molecule has 11 nitrogen and oxygen atoms in total. The monoisotopic (exact) mass is 411 g/mol. The lowest BCUT2D eigenvalue weighted by Crippen LogP contribution is -2.50. The number of aliphatic carboxylic acids is 3. The predicted molar refractivity (Wildman–Crippen MR) is 100 cm³/mol. The summed E-state index contributed by atoms with van der Waals surface area (Å²) in [5, 5.41) is 30.3. The zero-order chi connectivity index (χ0) is 19.5. The van der Waals surface area contributed by atoms with Crippen molar-refractivity contribution >= 4 is 30.3 Å². The van der Waals surface area contributed by atoms with Crippen LogP contribution in [-0.2, 0) is 14.4 Å². The molecule has 1 aliphatic heterocycles. The average Bonchev–Trinajstić information content (AvgIpc) is 2.53. The molecule has 0 spiro atoms. The smallest absolute Gasteiger partial charge is 0.321 e. The standard InChI is InChI=1S/C15H29N5O6.ClH/c16-12(15(25)26)9-20-7-5-18(10-13(21)22)3-1-17-2-4-19(6-8-20)11-14(23)24;/h12,17H,1-11,16H2,(H,21,22)(H,23,24)(H,25,26);1H/t12-;/m1./s1. The van der Waals surface area contributed by atoms with Gasteiger partial charge in [-0.3, -0.25) is 29.1 Å². The van der Waals surface area contributed by atoms with Gasteiger partial charge in [-0.2, -0.15) is 0 Å². The number of rotatable bonds is 7. The number of carboxylic acids is 3. The lowest BCUT2D eigenvalue weighted by molar-refractivity contribution is -0.139. The van der Waals surface area contributed by atoms with E-state index in [0.29, 0.717) is 52.4 Å². The molecule has 0 radical (unpaired) electrons. The largest absolute Gasteiger partial charge is 0.480 e. The minimum atomic E-state index is -1.11. The molecule has 1 saturated heterocycles. The van der Waals surface area contributed by atoms with Gasteiger partial charge in [-0.25, -0.2) is 0 Å². The van der Waals surface area contributed by atoms with E-state index in [2.05, 4.69) is 5.32 Å². The summed E-state index contributed by atoms with van der Waals surface area (Å²) in [7, 11) is 0. The normalized spacial score (nSPS) is 19.9. The first kappa shape index (κ1) is 25.5. The number of hydrogen-bond donors (Lipinski definition) is 5. The minimum absolute atomic E-state index is 0. The molecule has 12 heteroatoms. The highest BCUT2D eigenvalue weighted by Gasteiger charge is 2.20. The Balaban J connectivity index is 0.00000676. The molecule has 0 amide bonds. The molecule has 0 bridgehead atoms. The van der Waals surface area contributed by atoms with E-state index in [1.165, 1.54) is 0 Å². The molecule has 0 aromatic heterocycles. The highest BCUT2D eigenvalue weighted by molar-refractivity contribution is 5.85. The fourth-order valence-electron chi connectivity index (χ4n) is 2.74. The van der Waals surface area contributed by atoms with Gasteiger partial charge < -0.3 is 26.4 Å². The molecule has 27 heavy (non-hydrogen) atoms. The van der Waals surface area contributed by atoms with E-state index >= 15 is 0 Å². The summed E-state index contributed by atoms with van der Waals surface area (Å²) in [5.41, 5.74) is 5.63. The first-order valence-electron chi connectivity index (χ1n) is 8.57. The van der Waals surface area contributed by atoms with Crippen molar-refractivity contribution in [1.82, 2.24) is 20.0 Å². The maximum Gasteiger partial charge on any atom is 0.321 e. The van der Waals surface area contributed by atoms with Gasteiger partial charge in [-0.1, -0.05) is 0 Å². The SMILES string of the molecule is Cl.N[C@H](CN1CCN(CC(=O)O)CCNCCN(CC(=O)O)CC1)C(=O)O. The zero-order valence-electron chi connectivity index (χ0n) is 15.2. The quantitative estimate of drug-likeness (QED) is 0.301. The van der Waals surface area contributed by atoms with Crippen molar-refractivity contribution in [3.8, 4) is 0 Å². The van der Waals surface area contributed by atoms with Gasteiger partial charge in [0.05, 0.1) is 13.1 Å². The maximum atomic E-state index is 11.0. The summed E-state index contributed by atoms with van der Waals surface area (Å²) in [5.74, 6) is -2.94. The Kier molecular flexibility index (Phi) is 12.9. The summed E-state index contributed by atoms with van der Waals surface area (Å²) in [6.45, 7) is 4.00. The van der Waals surface area contributed by atoms with Gasteiger partial charge in [0, 0.05) is 58.9 Å². The van der Waals surface area contributed by atoms with Crippen LogP contribution in [0, 0.1) is 0 Å². The average molecular weight is 412 g/mol. The Bertz CT molecular complexity index is 454. The Hall–Kier alpha value is -1.50. The molecule has 0 aromatic carbocycles. The van der Waals surface area contributed by atoms with E-state index in [1.807, 2.05) is 4.90 Å². The van der Waals surface area contributed by atoms with Crippen LogP contribution >= 0.6 is 12.4 Å². The molecule has 1 atom stereocenters. The molecule has 1 fully saturated rings. The maximum absolute atomic E-state index is 11.0. The molecule has 0 aromatic rings. The summed E-state index contributed by atoms with van der Waals surface area (Å²) in [4.78, 5) is 38.4. The highest BCUT2D eigenvalue weighted by Crippen LogP contribution is 1.99. The molecule has 158 valence electrons. The van der Waals surface area contributed by atoms with Crippen LogP contribution in [-0.4, -0.2) is 126 Å². The van der Waals surface area contributed by atoms with Crippen molar-refractivity contribution < 1.29 is 29.7 Å². The first-order chi connectivity index (χ1) is 12.3. The second kappa shape index (κ2) is 13.6. The Morgan fingerprint density at radius 3 is 1.59 bits per heavy atom. The highest BCUT2D eigenvalue weighted by atomic mass is 35.5. The Morgan fingerprint density at radius 1 is 0.815 bits per heavy atom. The third-order valence-electron chi connectivity index (χ3n) is 4.16. The van der Waals surface area contributed by atoms with Crippen molar-refractivity contribution in [1.29, 1.82) is 0 Å². The number of halogens is 1. The van der Waals surface area contributed by atoms with E-state index < -0.39 is 23.9 Å². The number of hydrogen-bond acceptors (Lipinski definition) is 8. The van der Waals surface area contributed by atoms with E-state index in [0.717, 1.165) is 0 Å².